The number of carbonyl (C=O) groups excluding carboxylic acids is 4. The van der Waals surface area contributed by atoms with Crippen LogP contribution in [0.25, 0.3) is 0 Å². The maximum absolute atomic E-state index is 13.4. The van der Waals surface area contributed by atoms with Crippen molar-refractivity contribution in [2.75, 3.05) is 7.11 Å². The zero-order valence-electron chi connectivity index (χ0n) is 28.6. The lowest BCUT2D eigenvalue weighted by molar-refractivity contribution is -0.145. The molecule has 248 valence electrons. The number of methoxy groups -OCH3 is 1. The van der Waals surface area contributed by atoms with Crippen molar-refractivity contribution in [1.29, 1.82) is 0 Å². The number of piperidine rings is 1. The van der Waals surface area contributed by atoms with Crippen LogP contribution in [0.4, 0.5) is 0 Å². The molecule has 0 aromatic heterocycles. The molecular formula is C35H57NO7Si. The number of rotatable bonds is 19. The number of amides is 2. The Hall–Kier alpha value is -2.62. The first-order chi connectivity index (χ1) is 20.5. The molecular weight excluding hydrogens is 574 g/mol. The summed E-state index contributed by atoms with van der Waals surface area (Å²) >= 11 is 0. The smallest absolute Gasteiger partial charge is 0.331 e. The molecule has 0 aliphatic carbocycles. The number of unbranched alkanes of at least 4 members (excludes halogenated alkanes) is 1. The first-order valence-corrected chi connectivity index (χ1v) is 18.7. The Morgan fingerprint density at radius 1 is 1.09 bits per heavy atom. The van der Waals surface area contributed by atoms with E-state index in [0.29, 0.717) is 32.1 Å². The van der Waals surface area contributed by atoms with Gasteiger partial charge in [0.25, 0.3) is 0 Å². The summed E-state index contributed by atoms with van der Waals surface area (Å²) in [5.41, 5.74) is 0.753. The number of esters is 1. The van der Waals surface area contributed by atoms with Gasteiger partial charge in [-0.3, -0.25) is 19.7 Å². The molecule has 0 aromatic carbocycles. The monoisotopic (exact) mass is 631 g/mol. The Labute approximate surface area is 266 Å². The van der Waals surface area contributed by atoms with E-state index >= 15 is 0 Å². The number of ether oxygens (including phenoxy) is 2. The van der Waals surface area contributed by atoms with E-state index in [1.165, 1.54) is 6.08 Å². The van der Waals surface area contributed by atoms with Crippen molar-refractivity contribution in [3.05, 3.63) is 49.1 Å². The fraction of sp³-hybridized carbons (Fsp3) is 0.657. The number of allylic oxidation sites excluding steroid dienone is 2. The zero-order valence-corrected chi connectivity index (χ0v) is 29.6. The zero-order chi connectivity index (χ0) is 33.7. The fourth-order valence-corrected chi connectivity index (χ4v) is 6.51. The van der Waals surface area contributed by atoms with E-state index in [-0.39, 0.29) is 53.1 Å². The summed E-state index contributed by atoms with van der Waals surface area (Å²) in [7, 11) is -0.553. The van der Waals surface area contributed by atoms with Crippen LogP contribution in [-0.2, 0) is 33.1 Å². The predicted molar refractivity (Wildman–Crippen MR) is 178 cm³/mol. The number of carbonyl (C=O) groups is 4. The first kappa shape index (κ1) is 39.4. The molecule has 1 saturated heterocycles. The van der Waals surface area contributed by atoms with E-state index in [1.807, 2.05) is 19.9 Å². The maximum atomic E-state index is 13.4. The van der Waals surface area contributed by atoms with Gasteiger partial charge in [-0.05, 0) is 62.2 Å². The van der Waals surface area contributed by atoms with Crippen LogP contribution in [0.15, 0.2) is 49.1 Å². The third-order valence-corrected chi connectivity index (χ3v) is 13.3. The average Bonchev–Trinajstić information content (AvgIpc) is 2.92. The normalized spacial score (nSPS) is 18.7. The lowest BCUT2D eigenvalue weighted by atomic mass is 9.86. The number of hydrogen-bond acceptors (Lipinski definition) is 7. The number of hydrogen-bond donors (Lipinski definition) is 1. The Bertz CT molecular complexity index is 1060. The third-order valence-electron chi connectivity index (χ3n) is 8.82. The molecule has 9 heteroatoms. The van der Waals surface area contributed by atoms with Crippen LogP contribution in [0.1, 0.15) is 86.5 Å². The highest BCUT2D eigenvalue weighted by atomic mass is 28.4. The number of nitrogens with one attached hydrogen (secondary N) is 1. The number of Topliss-reactive ketones (excluding diaryl/α,β-unsaturated/α-hetero) is 1. The lowest BCUT2D eigenvalue weighted by Crippen LogP contribution is -2.49. The second kappa shape index (κ2) is 18.4. The molecule has 1 rings (SSSR count). The Kier molecular flexibility index (Phi) is 16.5. The highest BCUT2D eigenvalue weighted by Gasteiger charge is 2.42. The largest absolute Gasteiger partial charge is 0.454 e. The van der Waals surface area contributed by atoms with Gasteiger partial charge in [0.1, 0.15) is 18.0 Å². The highest BCUT2D eigenvalue weighted by Crippen LogP contribution is 2.39. The molecule has 44 heavy (non-hydrogen) atoms. The van der Waals surface area contributed by atoms with Gasteiger partial charge >= 0.3 is 5.97 Å². The molecule has 8 nitrogen and oxygen atoms in total. The summed E-state index contributed by atoms with van der Waals surface area (Å²) in [6, 6.07) is 0. The van der Waals surface area contributed by atoms with Gasteiger partial charge in [-0.25, -0.2) is 4.79 Å². The van der Waals surface area contributed by atoms with Crippen molar-refractivity contribution >= 4 is 31.9 Å². The molecule has 5 atom stereocenters. The van der Waals surface area contributed by atoms with Gasteiger partial charge in [0.05, 0.1) is 12.0 Å². The van der Waals surface area contributed by atoms with Crippen molar-refractivity contribution in [1.82, 2.24) is 5.32 Å². The molecule has 1 aliphatic rings. The molecule has 2 amide bonds. The van der Waals surface area contributed by atoms with E-state index in [9.17, 15) is 19.2 Å². The maximum Gasteiger partial charge on any atom is 0.331 e. The van der Waals surface area contributed by atoms with E-state index in [4.69, 9.17) is 13.9 Å². The van der Waals surface area contributed by atoms with Crippen LogP contribution in [0.5, 0.6) is 0 Å². The molecule has 0 spiro atoms. The van der Waals surface area contributed by atoms with Crippen LogP contribution in [0, 0.1) is 17.8 Å². The van der Waals surface area contributed by atoms with Gasteiger partial charge in [-0.1, -0.05) is 58.9 Å². The second-order valence-electron chi connectivity index (χ2n) is 13.6. The van der Waals surface area contributed by atoms with Crippen molar-refractivity contribution in [3.8, 4) is 0 Å². The molecule has 0 saturated carbocycles. The van der Waals surface area contributed by atoms with E-state index in [1.54, 1.807) is 32.3 Å². The summed E-state index contributed by atoms with van der Waals surface area (Å²) in [6.07, 6.45) is 10.6. The number of ketones is 1. The van der Waals surface area contributed by atoms with Crippen molar-refractivity contribution in [3.63, 3.8) is 0 Å². The Morgan fingerprint density at radius 3 is 2.23 bits per heavy atom. The summed E-state index contributed by atoms with van der Waals surface area (Å²) in [4.78, 5) is 49.7. The molecule has 1 aliphatic heterocycles. The van der Waals surface area contributed by atoms with Crippen molar-refractivity contribution in [2.45, 2.75) is 123 Å². The Balaban J connectivity index is 3.23. The van der Waals surface area contributed by atoms with Gasteiger partial charge in [0.15, 0.2) is 8.32 Å². The SMILES string of the molecule is C=CCCC=CC(=O)O[C@@H](C(C)=C[C@@H](C)[C@H](O[Si](C)(C)C(C)(C)C)[C@H](C=C)OC)[C@H](C)C(=O)CCCC1CC(=O)NC(=O)C1. The van der Waals surface area contributed by atoms with Crippen LogP contribution in [-0.4, -0.2) is 57.3 Å². The fourth-order valence-electron chi connectivity index (χ4n) is 5.13. The van der Waals surface area contributed by atoms with Gasteiger partial charge in [-0.2, -0.15) is 0 Å². The third kappa shape index (κ3) is 12.8. The standard InChI is InChI=1S/C35H57NO7Si/c1-12-14-15-16-20-32(40)42-33(26(5)28(37)19-17-18-27-22-30(38)36-31(39)23-27)24(3)21-25(4)34(29(13-2)41-9)43-44(10,11)35(6,7)8/h12-13,16,20-21,25-27,29,33-34H,1-2,14-15,17-19,22-23H2,3-11H3,(H,36,38,39)/t25-,26-,29+,33+,34+/m1/s1. The van der Waals surface area contributed by atoms with Gasteiger partial charge < -0.3 is 13.9 Å². The van der Waals surface area contributed by atoms with Crippen LogP contribution >= 0.6 is 0 Å². The molecule has 0 bridgehead atoms. The van der Waals surface area contributed by atoms with E-state index in [0.717, 1.165) is 12.0 Å². The Morgan fingerprint density at radius 2 is 1.70 bits per heavy atom. The van der Waals surface area contributed by atoms with Crippen molar-refractivity contribution in [2.24, 2.45) is 17.8 Å². The average molecular weight is 632 g/mol. The lowest BCUT2D eigenvalue weighted by Gasteiger charge is -2.42. The second-order valence-corrected chi connectivity index (χ2v) is 18.3. The van der Waals surface area contributed by atoms with Gasteiger partial charge in [-0.15, -0.1) is 13.2 Å². The molecule has 1 heterocycles. The van der Waals surface area contributed by atoms with Crippen LogP contribution in [0.3, 0.4) is 0 Å². The minimum Gasteiger partial charge on any atom is -0.454 e. The molecule has 0 aromatic rings. The minimum atomic E-state index is -2.19. The van der Waals surface area contributed by atoms with E-state index < -0.39 is 26.3 Å². The van der Waals surface area contributed by atoms with Crippen molar-refractivity contribution < 1.29 is 33.1 Å². The molecule has 0 radical (unpaired) electrons. The summed E-state index contributed by atoms with van der Waals surface area (Å²) in [5, 5.41) is 2.30. The van der Waals surface area contributed by atoms with Gasteiger partial charge in [0.2, 0.25) is 11.8 Å². The summed E-state index contributed by atoms with van der Waals surface area (Å²) < 4.78 is 18.5. The summed E-state index contributed by atoms with van der Waals surface area (Å²) in [5.74, 6) is -1.89. The highest BCUT2D eigenvalue weighted by molar-refractivity contribution is 6.74. The minimum absolute atomic E-state index is 0.0190. The topological polar surface area (TPSA) is 108 Å². The van der Waals surface area contributed by atoms with Gasteiger partial charge in [0, 0.05) is 38.4 Å². The van der Waals surface area contributed by atoms with Crippen LogP contribution < -0.4 is 5.32 Å². The molecule has 0 unspecified atom stereocenters. The molecule has 1 fully saturated rings. The molecule has 1 N–H and O–H groups in total. The number of imide groups is 1. The van der Waals surface area contributed by atoms with E-state index in [2.05, 4.69) is 52.3 Å². The first-order valence-electron chi connectivity index (χ1n) is 15.8. The quantitative estimate of drug-likeness (QED) is 0.0408. The summed E-state index contributed by atoms with van der Waals surface area (Å²) in [6.45, 7) is 24.3. The predicted octanol–water partition coefficient (Wildman–Crippen LogP) is 7.02. The van der Waals surface area contributed by atoms with Crippen LogP contribution in [0.2, 0.25) is 18.1 Å².